The zero-order valence-electron chi connectivity index (χ0n) is 10.7. The number of fused-ring (bicyclic) bond motifs is 1. The van der Waals surface area contributed by atoms with Gasteiger partial charge < -0.3 is 19.5 Å². The second kappa shape index (κ2) is 4.99. The molecule has 0 fully saturated rings. The SMILES string of the molecule is Cc1cnoc1NC(=O)Nc1ccc2c(c1)B(O)OC2. The number of benzene rings is 1. The summed E-state index contributed by atoms with van der Waals surface area (Å²) in [6, 6.07) is 4.78. The van der Waals surface area contributed by atoms with Crippen LogP contribution in [0.2, 0.25) is 0 Å². The van der Waals surface area contributed by atoms with Crippen molar-refractivity contribution in [2.24, 2.45) is 0 Å². The molecule has 1 aliphatic rings. The Balaban J connectivity index is 1.70. The second-order valence-electron chi connectivity index (χ2n) is 4.49. The molecule has 2 aromatic rings. The monoisotopic (exact) mass is 273 g/mol. The van der Waals surface area contributed by atoms with Gasteiger partial charge in [0.15, 0.2) is 0 Å². The average molecular weight is 273 g/mol. The Labute approximate surface area is 115 Å². The molecule has 2 heterocycles. The van der Waals surface area contributed by atoms with Crippen LogP contribution in [-0.4, -0.2) is 23.3 Å². The molecule has 3 rings (SSSR count). The van der Waals surface area contributed by atoms with Crippen LogP contribution in [0.25, 0.3) is 0 Å². The number of carbonyl (C=O) groups excluding carboxylic acids is 1. The first kappa shape index (κ1) is 12.7. The molecule has 0 atom stereocenters. The summed E-state index contributed by atoms with van der Waals surface area (Å²) in [6.07, 6.45) is 1.51. The van der Waals surface area contributed by atoms with E-state index in [0.717, 1.165) is 11.1 Å². The van der Waals surface area contributed by atoms with E-state index in [1.807, 2.05) is 0 Å². The third-order valence-electron chi connectivity index (χ3n) is 3.04. The number of nitrogens with zero attached hydrogens (tertiary/aromatic N) is 1. The number of anilines is 2. The summed E-state index contributed by atoms with van der Waals surface area (Å²) in [5.41, 5.74) is 2.87. The van der Waals surface area contributed by atoms with Gasteiger partial charge in [0.2, 0.25) is 5.88 Å². The minimum Gasteiger partial charge on any atom is -0.423 e. The minimum absolute atomic E-state index is 0.298. The van der Waals surface area contributed by atoms with Gasteiger partial charge in [0.1, 0.15) is 0 Å². The molecule has 2 amide bonds. The highest BCUT2D eigenvalue weighted by Crippen LogP contribution is 2.16. The summed E-state index contributed by atoms with van der Waals surface area (Å²) in [7, 11) is -0.939. The summed E-state index contributed by atoms with van der Waals surface area (Å²) >= 11 is 0. The fourth-order valence-electron chi connectivity index (χ4n) is 1.97. The molecular weight excluding hydrogens is 261 g/mol. The van der Waals surface area contributed by atoms with Crippen molar-refractivity contribution in [1.29, 1.82) is 0 Å². The molecule has 0 bridgehead atoms. The molecule has 0 radical (unpaired) electrons. The van der Waals surface area contributed by atoms with Crippen LogP contribution < -0.4 is 16.1 Å². The van der Waals surface area contributed by atoms with Crippen LogP contribution in [0, 0.1) is 6.92 Å². The maximum absolute atomic E-state index is 11.8. The number of hydrogen-bond acceptors (Lipinski definition) is 5. The Hall–Kier alpha value is -2.32. The van der Waals surface area contributed by atoms with Crippen molar-refractivity contribution in [1.82, 2.24) is 5.16 Å². The summed E-state index contributed by atoms with van der Waals surface area (Å²) in [5.74, 6) is 0.298. The van der Waals surface area contributed by atoms with Gasteiger partial charge in [-0.3, -0.25) is 5.32 Å². The molecule has 1 aliphatic heterocycles. The zero-order chi connectivity index (χ0) is 14.1. The van der Waals surface area contributed by atoms with E-state index in [-0.39, 0.29) is 0 Å². The minimum atomic E-state index is -0.939. The van der Waals surface area contributed by atoms with E-state index in [1.165, 1.54) is 6.20 Å². The number of aromatic nitrogens is 1. The van der Waals surface area contributed by atoms with Crippen molar-refractivity contribution in [2.45, 2.75) is 13.5 Å². The molecule has 102 valence electrons. The van der Waals surface area contributed by atoms with E-state index in [1.54, 1.807) is 25.1 Å². The second-order valence-corrected chi connectivity index (χ2v) is 4.49. The smallest absolute Gasteiger partial charge is 0.423 e. The van der Waals surface area contributed by atoms with Crippen molar-refractivity contribution in [3.05, 3.63) is 35.5 Å². The lowest BCUT2D eigenvalue weighted by Gasteiger charge is -2.07. The Bertz CT molecular complexity index is 658. The van der Waals surface area contributed by atoms with E-state index < -0.39 is 13.1 Å². The van der Waals surface area contributed by atoms with Gasteiger partial charge in [-0.15, -0.1) is 0 Å². The van der Waals surface area contributed by atoms with Gasteiger partial charge in [-0.05, 0) is 30.1 Å². The van der Waals surface area contributed by atoms with Crippen molar-refractivity contribution in [3.8, 4) is 0 Å². The zero-order valence-corrected chi connectivity index (χ0v) is 10.7. The van der Waals surface area contributed by atoms with Crippen molar-refractivity contribution in [3.63, 3.8) is 0 Å². The van der Waals surface area contributed by atoms with Gasteiger partial charge in [0.25, 0.3) is 0 Å². The van der Waals surface area contributed by atoms with Crippen LogP contribution >= 0.6 is 0 Å². The third kappa shape index (κ3) is 2.38. The lowest BCUT2D eigenvalue weighted by molar-refractivity contribution is 0.261. The first-order valence-corrected chi connectivity index (χ1v) is 6.05. The number of rotatable bonds is 2. The molecule has 0 unspecified atom stereocenters. The third-order valence-corrected chi connectivity index (χ3v) is 3.04. The van der Waals surface area contributed by atoms with Crippen LogP contribution in [0.15, 0.2) is 28.9 Å². The number of carbonyl (C=O) groups is 1. The molecular formula is C12H12BN3O4. The van der Waals surface area contributed by atoms with Crippen molar-refractivity contribution < 1.29 is 19.0 Å². The van der Waals surface area contributed by atoms with Gasteiger partial charge in [-0.2, -0.15) is 0 Å². The van der Waals surface area contributed by atoms with Crippen molar-refractivity contribution in [2.75, 3.05) is 10.6 Å². The van der Waals surface area contributed by atoms with Crippen LogP contribution in [0.1, 0.15) is 11.1 Å². The van der Waals surface area contributed by atoms with Gasteiger partial charge in [-0.25, -0.2) is 4.79 Å². The van der Waals surface area contributed by atoms with Gasteiger partial charge in [-0.1, -0.05) is 11.2 Å². The largest absolute Gasteiger partial charge is 0.491 e. The standard InChI is InChI=1S/C12H12BN3O4/c1-7-5-14-20-11(7)16-12(17)15-9-3-2-8-6-19-13(18)10(8)4-9/h2-5,18H,6H2,1H3,(H2,15,16,17). The summed E-state index contributed by atoms with van der Waals surface area (Å²) in [5, 5.41) is 18.4. The molecule has 0 saturated heterocycles. The van der Waals surface area contributed by atoms with E-state index in [0.29, 0.717) is 23.6 Å². The summed E-state index contributed by atoms with van der Waals surface area (Å²) in [4.78, 5) is 11.8. The van der Waals surface area contributed by atoms with Gasteiger partial charge in [0.05, 0.1) is 12.8 Å². The first-order chi connectivity index (χ1) is 9.63. The number of amides is 2. The van der Waals surface area contributed by atoms with E-state index in [4.69, 9.17) is 9.18 Å². The maximum atomic E-state index is 11.8. The average Bonchev–Trinajstić information content (AvgIpc) is 2.98. The van der Waals surface area contributed by atoms with E-state index in [2.05, 4.69) is 15.8 Å². The summed E-state index contributed by atoms with van der Waals surface area (Å²) < 4.78 is 9.97. The van der Waals surface area contributed by atoms with Crippen LogP contribution in [-0.2, 0) is 11.3 Å². The first-order valence-electron chi connectivity index (χ1n) is 6.05. The Morgan fingerprint density at radius 2 is 2.30 bits per heavy atom. The van der Waals surface area contributed by atoms with Crippen molar-refractivity contribution >= 4 is 30.2 Å². The van der Waals surface area contributed by atoms with Crippen LogP contribution in [0.3, 0.4) is 0 Å². The number of nitrogens with one attached hydrogen (secondary N) is 2. The fourth-order valence-corrected chi connectivity index (χ4v) is 1.97. The lowest BCUT2D eigenvalue weighted by Crippen LogP contribution is -2.29. The normalized spacial score (nSPS) is 13.2. The highest BCUT2D eigenvalue weighted by molar-refractivity contribution is 6.61. The molecule has 3 N–H and O–H groups in total. The highest BCUT2D eigenvalue weighted by atomic mass is 16.5. The number of aryl methyl sites for hydroxylation is 1. The Morgan fingerprint density at radius 3 is 3.05 bits per heavy atom. The van der Waals surface area contributed by atoms with Crippen LogP contribution in [0.5, 0.6) is 0 Å². The Kier molecular flexibility index (Phi) is 3.17. The number of hydrogen-bond donors (Lipinski definition) is 3. The predicted octanol–water partition coefficient (Wildman–Crippen LogP) is 0.845. The summed E-state index contributed by atoms with van der Waals surface area (Å²) in [6.45, 7) is 2.15. The maximum Gasteiger partial charge on any atom is 0.491 e. The molecule has 0 aliphatic carbocycles. The van der Waals surface area contributed by atoms with E-state index >= 15 is 0 Å². The quantitative estimate of drug-likeness (QED) is 0.704. The lowest BCUT2D eigenvalue weighted by atomic mass is 9.79. The van der Waals surface area contributed by atoms with Gasteiger partial charge in [0, 0.05) is 11.3 Å². The predicted molar refractivity (Wildman–Crippen MR) is 72.7 cm³/mol. The molecule has 8 heteroatoms. The highest BCUT2D eigenvalue weighted by Gasteiger charge is 2.27. The fraction of sp³-hybridized carbons (Fsp3) is 0.167. The Morgan fingerprint density at radius 1 is 1.45 bits per heavy atom. The molecule has 1 aromatic carbocycles. The van der Waals surface area contributed by atoms with Crippen LogP contribution in [0.4, 0.5) is 16.4 Å². The molecule has 20 heavy (non-hydrogen) atoms. The molecule has 7 nitrogen and oxygen atoms in total. The molecule has 0 saturated carbocycles. The number of urea groups is 1. The topological polar surface area (TPSA) is 96.6 Å². The van der Waals surface area contributed by atoms with E-state index in [9.17, 15) is 9.82 Å². The molecule has 1 aromatic heterocycles. The van der Waals surface area contributed by atoms with Gasteiger partial charge >= 0.3 is 13.1 Å². The molecule has 0 spiro atoms.